The van der Waals surface area contributed by atoms with Crippen LogP contribution in [0.1, 0.15) is 86.7 Å². The first kappa shape index (κ1) is 43.5. The van der Waals surface area contributed by atoms with E-state index in [1.165, 1.54) is 60.0 Å². The number of hydrogen-bond acceptors (Lipinski definition) is 8. The van der Waals surface area contributed by atoms with Gasteiger partial charge in [0.25, 0.3) is 0 Å². The molecular weight excluding hydrogens is 782 g/mol. The van der Waals surface area contributed by atoms with E-state index >= 15 is 0 Å². The van der Waals surface area contributed by atoms with Gasteiger partial charge in [-0.2, -0.15) is 0 Å². The smallest absolute Gasteiger partial charge is 0.408 e. The van der Waals surface area contributed by atoms with Crippen LogP contribution in [0.4, 0.5) is 18.0 Å². The van der Waals surface area contributed by atoms with E-state index in [0.717, 1.165) is 17.7 Å². The van der Waals surface area contributed by atoms with Gasteiger partial charge in [0.15, 0.2) is 17.4 Å². The molecule has 4 amide bonds. The molecule has 2 aliphatic rings. The number of ketones is 1. The molecule has 60 heavy (non-hydrogen) atoms. The predicted octanol–water partition coefficient (Wildman–Crippen LogP) is 5.90. The van der Waals surface area contributed by atoms with Crippen LogP contribution in [-0.2, 0) is 30.5 Å². The lowest BCUT2D eigenvalue weighted by Crippen LogP contribution is -2.59. The van der Waals surface area contributed by atoms with Crippen LogP contribution < -0.4 is 10.6 Å². The molecule has 4 aromatic rings. The van der Waals surface area contributed by atoms with Crippen LogP contribution in [0.25, 0.3) is 0 Å². The van der Waals surface area contributed by atoms with Crippen LogP contribution in [0.15, 0.2) is 85.3 Å². The molecule has 2 fully saturated rings. The Bertz CT molecular complexity index is 2200. The number of carbonyl (C=O) groups is 5. The standard InChI is InChI=1S/C44H49F3N6O7/c1-43(2,3)60-42(58)50-44(4,5)41(57)49-35(25-59-24-27-9-7-6-8-10-27)39(55)53-23-36(53)34-22-52(26-48-34)37(30-13-16-32(46)33(47)21-30)40(56)51-19-17-29(18-20-51)38(54)28-11-14-31(45)15-12-28/h6-16,21-22,26,29,35-37H,17-20,23-25H2,1-5H3,(H,49,57)(H,50,58)/t35-,36?,37?,53?/m1/s1. The van der Waals surface area contributed by atoms with E-state index in [1.54, 1.807) is 31.9 Å². The highest BCUT2D eigenvalue weighted by Crippen LogP contribution is 2.36. The van der Waals surface area contributed by atoms with Crippen molar-refractivity contribution in [3.8, 4) is 0 Å². The molecule has 0 aliphatic carbocycles. The highest BCUT2D eigenvalue weighted by molar-refractivity contribution is 5.98. The maximum absolute atomic E-state index is 14.6. The Morgan fingerprint density at radius 1 is 0.867 bits per heavy atom. The number of halogens is 3. The number of Topliss-reactive ketones (excluding diaryl/α,β-unsaturated/α-hetero) is 1. The largest absolute Gasteiger partial charge is 0.444 e. The van der Waals surface area contributed by atoms with Crippen LogP contribution in [0.3, 0.4) is 0 Å². The molecule has 16 heteroatoms. The molecule has 2 unspecified atom stereocenters. The first-order chi connectivity index (χ1) is 28.4. The molecule has 6 rings (SSSR count). The Kier molecular flexibility index (Phi) is 13.1. The van der Waals surface area contributed by atoms with Gasteiger partial charge in [0.2, 0.25) is 17.7 Å². The van der Waals surface area contributed by atoms with Crippen LogP contribution in [0.5, 0.6) is 0 Å². The Morgan fingerprint density at radius 3 is 2.20 bits per heavy atom. The summed E-state index contributed by atoms with van der Waals surface area (Å²) in [5.74, 6) is -4.77. The van der Waals surface area contributed by atoms with E-state index in [-0.39, 0.29) is 50.1 Å². The fraction of sp³-hybridized carbons (Fsp3) is 0.409. The number of ether oxygens (including phenoxy) is 2. The summed E-state index contributed by atoms with van der Waals surface area (Å²) < 4.78 is 54.9. The Labute approximate surface area is 346 Å². The predicted molar refractivity (Wildman–Crippen MR) is 213 cm³/mol. The number of alkyl carbamates (subject to hydrolysis) is 1. The summed E-state index contributed by atoms with van der Waals surface area (Å²) in [6.07, 6.45) is 2.84. The number of carbonyl (C=O) groups excluding carboxylic acids is 5. The van der Waals surface area contributed by atoms with Gasteiger partial charge in [-0.1, -0.05) is 36.4 Å². The number of rotatable bonds is 14. The first-order valence-electron chi connectivity index (χ1n) is 19.7. The minimum Gasteiger partial charge on any atom is -0.444 e. The van der Waals surface area contributed by atoms with Crippen molar-refractivity contribution in [3.63, 3.8) is 0 Å². The Hall–Kier alpha value is -6.03. The summed E-state index contributed by atoms with van der Waals surface area (Å²) in [7, 11) is 0. The molecule has 13 nitrogen and oxygen atoms in total. The molecule has 3 heterocycles. The summed E-state index contributed by atoms with van der Waals surface area (Å²) in [6, 6.07) is 14.9. The van der Waals surface area contributed by atoms with Crippen molar-refractivity contribution in [1.29, 1.82) is 0 Å². The number of benzene rings is 3. The summed E-state index contributed by atoms with van der Waals surface area (Å²) >= 11 is 0. The molecule has 318 valence electrons. The van der Waals surface area contributed by atoms with Crippen LogP contribution in [0, 0.1) is 23.4 Å². The van der Waals surface area contributed by atoms with Crippen LogP contribution in [-0.4, -0.2) is 92.4 Å². The topological polar surface area (TPSA) is 152 Å². The molecule has 0 spiro atoms. The fourth-order valence-corrected chi connectivity index (χ4v) is 7.01. The van der Waals surface area contributed by atoms with Crippen molar-refractivity contribution in [2.75, 3.05) is 26.2 Å². The molecule has 1 aromatic heterocycles. The minimum absolute atomic E-state index is 0.146. The number of piperidine rings is 1. The van der Waals surface area contributed by atoms with Crippen molar-refractivity contribution in [1.82, 2.24) is 30.0 Å². The molecule has 0 saturated carbocycles. The van der Waals surface area contributed by atoms with Gasteiger partial charge in [0.05, 0.1) is 31.3 Å². The number of hydrogen-bond donors (Lipinski definition) is 2. The van der Waals surface area contributed by atoms with E-state index in [0.29, 0.717) is 24.1 Å². The number of aromatic nitrogens is 2. The third-order valence-corrected chi connectivity index (χ3v) is 10.3. The zero-order valence-corrected chi connectivity index (χ0v) is 34.1. The van der Waals surface area contributed by atoms with E-state index < -0.39 is 70.5 Å². The van der Waals surface area contributed by atoms with Gasteiger partial charge in [0, 0.05) is 37.3 Å². The lowest BCUT2D eigenvalue weighted by atomic mass is 9.88. The van der Waals surface area contributed by atoms with Gasteiger partial charge in [-0.05, 0) is 95.0 Å². The fourth-order valence-electron chi connectivity index (χ4n) is 7.01. The van der Waals surface area contributed by atoms with Crippen LogP contribution in [0.2, 0.25) is 0 Å². The lowest BCUT2D eigenvalue weighted by Gasteiger charge is -2.34. The van der Waals surface area contributed by atoms with Gasteiger partial charge in [0.1, 0.15) is 29.0 Å². The summed E-state index contributed by atoms with van der Waals surface area (Å²) in [5, 5.41) is 5.28. The van der Waals surface area contributed by atoms with Crippen molar-refractivity contribution in [2.45, 2.75) is 83.3 Å². The number of imidazole rings is 1. The Balaban J connectivity index is 1.17. The summed E-state index contributed by atoms with van der Waals surface area (Å²) in [4.78, 5) is 75.0. The van der Waals surface area contributed by atoms with Crippen molar-refractivity contribution >= 4 is 29.6 Å². The molecule has 3 atom stereocenters. The molecule has 3 aromatic carbocycles. The molecule has 2 N–H and O–H groups in total. The van der Waals surface area contributed by atoms with Gasteiger partial charge in [-0.15, -0.1) is 0 Å². The average Bonchev–Trinajstić information content (AvgIpc) is 3.86. The quantitative estimate of drug-likeness (QED) is 0.118. The average molecular weight is 831 g/mol. The van der Waals surface area contributed by atoms with E-state index in [4.69, 9.17) is 9.47 Å². The zero-order valence-electron chi connectivity index (χ0n) is 34.1. The summed E-state index contributed by atoms with van der Waals surface area (Å²) in [6.45, 7) is 8.64. The number of likely N-dealkylation sites (tertiary alicyclic amines) is 1. The SMILES string of the molecule is CC(C)(C)OC(=O)NC(C)(C)C(=O)N[C@H](COCc1ccccc1)C(=O)N1CC1c1cn(C(C(=O)N2CCC(C(=O)c3ccc(F)cc3)CC2)c2ccc(F)c(F)c2)cn1. The molecule has 2 saturated heterocycles. The third-order valence-electron chi connectivity index (χ3n) is 10.3. The second-order valence-corrected chi connectivity index (χ2v) is 16.6. The zero-order chi connectivity index (χ0) is 43.4. The van der Waals surface area contributed by atoms with E-state index in [1.807, 2.05) is 30.3 Å². The second kappa shape index (κ2) is 18.1. The van der Waals surface area contributed by atoms with Gasteiger partial charge in [-0.3, -0.25) is 19.2 Å². The maximum Gasteiger partial charge on any atom is 0.408 e. The van der Waals surface area contributed by atoms with Gasteiger partial charge in [-0.25, -0.2) is 22.9 Å². The van der Waals surface area contributed by atoms with E-state index in [9.17, 15) is 37.1 Å². The van der Waals surface area contributed by atoms with Gasteiger partial charge < -0.3 is 34.5 Å². The highest BCUT2D eigenvalue weighted by atomic mass is 19.2. The monoisotopic (exact) mass is 830 g/mol. The number of nitrogens with zero attached hydrogens (tertiary/aromatic N) is 4. The van der Waals surface area contributed by atoms with E-state index in [2.05, 4.69) is 15.6 Å². The van der Waals surface area contributed by atoms with Crippen molar-refractivity contribution in [3.05, 3.63) is 125 Å². The summed E-state index contributed by atoms with van der Waals surface area (Å²) in [5.41, 5.74) is -0.481. The van der Waals surface area contributed by atoms with Crippen molar-refractivity contribution in [2.24, 2.45) is 5.92 Å². The van der Waals surface area contributed by atoms with Crippen molar-refractivity contribution < 1.29 is 46.6 Å². The van der Waals surface area contributed by atoms with Gasteiger partial charge >= 0.3 is 6.09 Å². The lowest BCUT2D eigenvalue weighted by molar-refractivity contribution is -0.136. The first-order valence-corrected chi connectivity index (χ1v) is 19.7. The minimum atomic E-state index is -1.48. The second-order valence-electron chi connectivity index (χ2n) is 16.6. The maximum atomic E-state index is 14.6. The number of amides is 4. The Morgan fingerprint density at radius 2 is 1.55 bits per heavy atom. The number of nitrogens with one attached hydrogen (secondary N) is 2. The molecule has 2 aliphatic heterocycles. The highest BCUT2D eigenvalue weighted by Gasteiger charge is 2.46. The molecule has 0 bridgehead atoms. The van der Waals surface area contributed by atoms with Crippen LogP contribution >= 0.6 is 0 Å². The normalized spacial score (nSPS) is 16.8. The molecular formula is C44H49F3N6O7. The third kappa shape index (κ3) is 10.8. The molecule has 0 radical (unpaired) electrons.